The van der Waals surface area contributed by atoms with E-state index in [2.05, 4.69) is 33.8 Å². The van der Waals surface area contributed by atoms with Crippen LogP contribution in [0.3, 0.4) is 0 Å². The van der Waals surface area contributed by atoms with E-state index in [0.717, 1.165) is 61.9 Å². The number of aromatic nitrogens is 4. The second-order valence-corrected chi connectivity index (χ2v) is 8.18. The average Bonchev–Trinajstić information content (AvgIpc) is 3.37. The quantitative estimate of drug-likeness (QED) is 0.807. The van der Waals surface area contributed by atoms with Crippen LogP contribution in [-0.2, 0) is 10.2 Å². The standard InChI is InChI=1S/C18H23Cl2N5O/c1-12(17-22-23-24-25(17)14-3-4-14)21-11-18(6-8-26-9-7-18)15-5-2-13(19)10-16(15)20/h2,5,10,12,14,21H,3-4,6-9,11H2,1H3. The average molecular weight is 396 g/mol. The summed E-state index contributed by atoms with van der Waals surface area (Å²) >= 11 is 12.7. The molecule has 8 heteroatoms. The fourth-order valence-electron chi connectivity index (χ4n) is 3.73. The number of benzene rings is 1. The highest BCUT2D eigenvalue weighted by Gasteiger charge is 2.37. The van der Waals surface area contributed by atoms with Crippen LogP contribution in [0.5, 0.6) is 0 Å². The van der Waals surface area contributed by atoms with Crippen LogP contribution in [0, 0.1) is 0 Å². The van der Waals surface area contributed by atoms with Crippen molar-refractivity contribution in [1.29, 1.82) is 0 Å². The molecule has 4 rings (SSSR count). The van der Waals surface area contributed by atoms with Crippen molar-refractivity contribution in [3.63, 3.8) is 0 Å². The number of nitrogens with zero attached hydrogens (tertiary/aromatic N) is 4. The van der Waals surface area contributed by atoms with Crippen LogP contribution in [0.25, 0.3) is 0 Å². The maximum Gasteiger partial charge on any atom is 0.168 e. The molecular weight excluding hydrogens is 373 g/mol. The van der Waals surface area contributed by atoms with Crippen LogP contribution in [0.2, 0.25) is 10.0 Å². The van der Waals surface area contributed by atoms with Crippen LogP contribution in [0.4, 0.5) is 0 Å². The fraction of sp³-hybridized carbons (Fsp3) is 0.611. The molecule has 1 saturated carbocycles. The van der Waals surface area contributed by atoms with Gasteiger partial charge in [0.2, 0.25) is 0 Å². The molecular formula is C18H23Cl2N5O. The molecule has 2 fully saturated rings. The third-order valence-corrected chi connectivity index (χ3v) is 6.05. The topological polar surface area (TPSA) is 64.9 Å². The van der Waals surface area contributed by atoms with E-state index in [9.17, 15) is 0 Å². The van der Waals surface area contributed by atoms with Crippen LogP contribution < -0.4 is 5.32 Å². The van der Waals surface area contributed by atoms with Gasteiger partial charge in [-0.25, -0.2) is 4.68 Å². The van der Waals surface area contributed by atoms with Gasteiger partial charge < -0.3 is 10.1 Å². The van der Waals surface area contributed by atoms with Crippen LogP contribution in [0.15, 0.2) is 18.2 Å². The van der Waals surface area contributed by atoms with Gasteiger partial charge in [0.25, 0.3) is 0 Å². The SMILES string of the molecule is CC(NCC1(c2ccc(Cl)cc2Cl)CCOCC1)c1nnnn1C1CC1. The molecule has 1 aliphatic carbocycles. The molecule has 1 atom stereocenters. The van der Waals surface area contributed by atoms with Crippen molar-refractivity contribution < 1.29 is 4.74 Å². The number of tetrazole rings is 1. The summed E-state index contributed by atoms with van der Waals surface area (Å²) in [7, 11) is 0. The van der Waals surface area contributed by atoms with Crippen LogP contribution in [0.1, 0.15) is 56.1 Å². The van der Waals surface area contributed by atoms with Gasteiger partial charge in [0.15, 0.2) is 5.82 Å². The van der Waals surface area contributed by atoms with Crippen molar-refractivity contribution in [1.82, 2.24) is 25.5 Å². The van der Waals surface area contributed by atoms with Crippen LogP contribution >= 0.6 is 23.2 Å². The Kier molecular flexibility index (Phi) is 5.19. The minimum atomic E-state index is -0.0773. The number of nitrogens with one attached hydrogen (secondary N) is 1. The summed E-state index contributed by atoms with van der Waals surface area (Å²) in [5.74, 6) is 0.900. The lowest BCUT2D eigenvalue weighted by atomic mass is 9.74. The molecule has 0 amide bonds. The Labute approximate surface area is 163 Å². The number of halogens is 2. The molecule has 1 aliphatic heterocycles. The summed E-state index contributed by atoms with van der Waals surface area (Å²) in [5, 5.41) is 17.3. The Bertz CT molecular complexity index is 771. The van der Waals surface area contributed by atoms with Crippen molar-refractivity contribution in [3.05, 3.63) is 39.6 Å². The molecule has 2 heterocycles. The van der Waals surface area contributed by atoms with Crippen molar-refractivity contribution in [3.8, 4) is 0 Å². The molecule has 6 nitrogen and oxygen atoms in total. The number of rotatable bonds is 6. The predicted octanol–water partition coefficient (Wildman–Crippen LogP) is 3.71. The van der Waals surface area contributed by atoms with E-state index in [1.165, 1.54) is 0 Å². The summed E-state index contributed by atoms with van der Waals surface area (Å²) < 4.78 is 7.58. The molecule has 1 aromatic heterocycles. The van der Waals surface area contributed by atoms with Gasteiger partial charge in [-0.3, -0.25) is 0 Å². The summed E-state index contributed by atoms with van der Waals surface area (Å²) in [5.41, 5.74) is 1.06. The fourth-order valence-corrected chi connectivity index (χ4v) is 4.34. The van der Waals surface area contributed by atoms with E-state index in [1.807, 2.05) is 16.8 Å². The van der Waals surface area contributed by atoms with E-state index in [1.54, 1.807) is 0 Å². The normalized spacial score (nSPS) is 20.9. The van der Waals surface area contributed by atoms with Gasteiger partial charge in [-0.15, -0.1) is 5.10 Å². The second kappa shape index (κ2) is 7.43. The smallest absolute Gasteiger partial charge is 0.168 e. The highest BCUT2D eigenvalue weighted by atomic mass is 35.5. The van der Waals surface area contributed by atoms with Gasteiger partial charge in [-0.05, 0) is 60.7 Å². The Balaban J connectivity index is 1.54. The first-order valence-electron chi connectivity index (χ1n) is 9.13. The van der Waals surface area contributed by atoms with E-state index < -0.39 is 0 Å². The number of hydrogen-bond acceptors (Lipinski definition) is 5. The van der Waals surface area contributed by atoms with E-state index >= 15 is 0 Å². The molecule has 2 aliphatic rings. The van der Waals surface area contributed by atoms with E-state index in [4.69, 9.17) is 27.9 Å². The minimum absolute atomic E-state index is 0.0661. The molecule has 1 N–H and O–H groups in total. The van der Waals surface area contributed by atoms with E-state index in [-0.39, 0.29) is 11.5 Å². The predicted molar refractivity (Wildman–Crippen MR) is 101 cm³/mol. The van der Waals surface area contributed by atoms with Crippen molar-refractivity contribution in [2.24, 2.45) is 0 Å². The van der Waals surface area contributed by atoms with Gasteiger partial charge in [-0.1, -0.05) is 29.3 Å². The first-order chi connectivity index (χ1) is 12.6. The summed E-state index contributed by atoms with van der Waals surface area (Å²) in [6, 6.07) is 6.32. The molecule has 1 aromatic carbocycles. The molecule has 140 valence electrons. The van der Waals surface area contributed by atoms with Gasteiger partial charge >= 0.3 is 0 Å². The Hall–Kier alpha value is -1.21. The zero-order valence-electron chi connectivity index (χ0n) is 14.8. The minimum Gasteiger partial charge on any atom is -0.381 e. The molecule has 1 saturated heterocycles. The third-order valence-electron chi connectivity index (χ3n) is 5.50. The number of ether oxygens (including phenoxy) is 1. The molecule has 26 heavy (non-hydrogen) atoms. The first-order valence-corrected chi connectivity index (χ1v) is 9.89. The summed E-state index contributed by atoms with van der Waals surface area (Å²) in [6.45, 7) is 4.36. The van der Waals surface area contributed by atoms with Crippen LogP contribution in [-0.4, -0.2) is 40.0 Å². The molecule has 0 radical (unpaired) electrons. The molecule has 0 spiro atoms. The van der Waals surface area contributed by atoms with Gasteiger partial charge in [0.05, 0.1) is 12.1 Å². The van der Waals surface area contributed by atoms with Crippen molar-refractivity contribution >= 4 is 23.2 Å². The van der Waals surface area contributed by atoms with E-state index in [0.29, 0.717) is 11.1 Å². The molecule has 2 aromatic rings. The highest BCUT2D eigenvalue weighted by molar-refractivity contribution is 6.35. The second-order valence-electron chi connectivity index (χ2n) is 7.33. The highest BCUT2D eigenvalue weighted by Crippen LogP contribution is 2.40. The Morgan fingerprint density at radius 1 is 1.31 bits per heavy atom. The van der Waals surface area contributed by atoms with Crippen molar-refractivity contribution in [2.75, 3.05) is 19.8 Å². The van der Waals surface area contributed by atoms with Gasteiger partial charge in [-0.2, -0.15) is 0 Å². The summed E-state index contributed by atoms with van der Waals surface area (Å²) in [6.07, 6.45) is 4.15. The Morgan fingerprint density at radius 3 is 2.77 bits per heavy atom. The van der Waals surface area contributed by atoms with Crippen molar-refractivity contribution in [2.45, 2.75) is 50.1 Å². The lowest BCUT2D eigenvalue weighted by molar-refractivity contribution is 0.0489. The molecule has 0 bridgehead atoms. The van der Waals surface area contributed by atoms with Gasteiger partial charge in [0.1, 0.15) is 0 Å². The summed E-state index contributed by atoms with van der Waals surface area (Å²) in [4.78, 5) is 0. The third kappa shape index (κ3) is 3.60. The maximum atomic E-state index is 6.55. The first kappa shape index (κ1) is 18.2. The zero-order valence-corrected chi connectivity index (χ0v) is 16.3. The largest absolute Gasteiger partial charge is 0.381 e. The molecule has 1 unspecified atom stereocenters. The lowest BCUT2D eigenvalue weighted by Gasteiger charge is -2.39. The lowest BCUT2D eigenvalue weighted by Crippen LogP contribution is -2.44. The maximum absolute atomic E-state index is 6.55. The van der Waals surface area contributed by atoms with Gasteiger partial charge in [0, 0.05) is 35.2 Å². The zero-order chi connectivity index (χ0) is 18.1. The monoisotopic (exact) mass is 395 g/mol. The number of hydrogen-bond donors (Lipinski definition) is 1. The Morgan fingerprint density at radius 2 is 2.08 bits per heavy atom.